The SMILES string of the molecule is Cc1ccc(S(=O)(=O)Nc2ccc3c(c2)/C(=C/c2cccs2)C(=O)N3)cc1. The van der Waals surface area contributed by atoms with Crippen LogP contribution in [0.3, 0.4) is 0 Å². The lowest BCUT2D eigenvalue weighted by atomic mass is 10.1. The Balaban J connectivity index is 1.68. The zero-order valence-corrected chi connectivity index (χ0v) is 16.0. The van der Waals surface area contributed by atoms with E-state index in [9.17, 15) is 13.2 Å². The van der Waals surface area contributed by atoms with Crippen LogP contribution in [0.25, 0.3) is 11.6 Å². The van der Waals surface area contributed by atoms with Crippen molar-refractivity contribution in [2.75, 3.05) is 10.0 Å². The molecule has 0 saturated heterocycles. The topological polar surface area (TPSA) is 75.3 Å². The van der Waals surface area contributed by atoms with E-state index in [1.165, 1.54) is 11.3 Å². The summed E-state index contributed by atoms with van der Waals surface area (Å²) in [6.07, 6.45) is 1.81. The minimum atomic E-state index is -3.70. The second kappa shape index (κ2) is 6.68. The van der Waals surface area contributed by atoms with E-state index in [2.05, 4.69) is 10.0 Å². The summed E-state index contributed by atoms with van der Waals surface area (Å²) < 4.78 is 27.8. The molecule has 0 fully saturated rings. The summed E-state index contributed by atoms with van der Waals surface area (Å²) in [5.41, 5.74) is 3.25. The standard InChI is InChI=1S/C20H16N2O3S2/c1-13-4-7-16(8-5-13)27(24,25)22-14-6-9-19-17(11-14)18(20(23)21-19)12-15-3-2-10-26-15/h2-12,22H,1H3,(H,21,23)/b18-12-. The zero-order chi connectivity index (χ0) is 19.0. The maximum Gasteiger partial charge on any atom is 0.261 e. The van der Waals surface area contributed by atoms with Gasteiger partial charge in [-0.2, -0.15) is 0 Å². The highest BCUT2D eigenvalue weighted by atomic mass is 32.2. The fourth-order valence-electron chi connectivity index (χ4n) is 2.84. The first kappa shape index (κ1) is 17.5. The van der Waals surface area contributed by atoms with Crippen molar-refractivity contribution < 1.29 is 13.2 Å². The molecule has 2 N–H and O–H groups in total. The van der Waals surface area contributed by atoms with Gasteiger partial charge in [-0.25, -0.2) is 8.42 Å². The first-order valence-corrected chi connectivity index (χ1v) is 10.6. The van der Waals surface area contributed by atoms with Crippen LogP contribution in [0, 0.1) is 6.92 Å². The van der Waals surface area contributed by atoms with Gasteiger partial charge in [0, 0.05) is 21.8 Å². The number of fused-ring (bicyclic) bond motifs is 1. The molecule has 1 aromatic heterocycles. The Bertz CT molecular complexity index is 1150. The lowest BCUT2D eigenvalue weighted by Gasteiger charge is -2.10. The Morgan fingerprint density at radius 3 is 2.56 bits per heavy atom. The number of hydrogen-bond acceptors (Lipinski definition) is 4. The molecule has 0 radical (unpaired) electrons. The van der Waals surface area contributed by atoms with Gasteiger partial charge >= 0.3 is 0 Å². The molecule has 136 valence electrons. The number of carbonyl (C=O) groups excluding carboxylic acids is 1. The lowest BCUT2D eigenvalue weighted by Crippen LogP contribution is -2.12. The average Bonchev–Trinajstić information content (AvgIpc) is 3.24. The molecule has 1 aliphatic heterocycles. The van der Waals surface area contributed by atoms with E-state index in [4.69, 9.17) is 0 Å². The minimum absolute atomic E-state index is 0.192. The maximum atomic E-state index is 12.6. The van der Waals surface area contributed by atoms with Gasteiger partial charge in [0.25, 0.3) is 15.9 Å². The molecule has 1 aliphatic rings. The molecule has 3 aromatic rings. The summed E-state index contributed by atoms with van der Waals surface area (Å²) in [5, 5.41) is 4.74. The van der Waals surface area contributed by atoms with Crippen LogP contribution < -0.4 is 10.0 Å². The van der Waals surface area contributed by atoms with Crippen molar-refractivity contribution in [2.45, 2.75) is 11.8 Å². The van der Waals surface area contributed by atoms with E-state index >= 15 is 0 Å². The van der Waals surface area contributed by atoms with Gasteiger partial charge in [0.05, 0.1) is 10.5 Å². The Hall–Kier alpha value is -2.90. The monoisotopic (exact) mass is 396 g/mol. The van der Waals surface area contributed by atoms with Gasteiger partial charge in [0.1, 0.15) is 0 Å². The van der Waals surface area contributed by atoms with Crippen molar-refractivity contribution in [1.82, 2.24) is 0 Å². The van der Waals surface area contributed by atoms with E-state index < -0.39 is 10.0 Å². The molecule has 27 heavy (non-hydrogen) atoms. The summed E-state index contributed by atoms with van der Waals surface area (Å²) in [5.74, 6) is -0.197. The van der Waals surface area contributed by atoms with Gasteiger partial charge in [-0.3, -0.25) is 9.52 Å². The molecule has 7 heteroatoms. The van der Waals surface area contributed by atoms with Gasteiger partial charge in [0.15, 0.2) is 0 Å². The number of sulfonamides is 1. The molecule has 2 aromatic carbocycles. The lowest BCUT2D eigenvalue weighted by molar-refractivity contribution is -0.110. The summed E-state index contributed by atoms with van der Waals surface area (Å²) in [7, 11) is -3.70. The van der Waals surface area contributed by atoms with E-state index in [0.29, 0.717) is 22.5 Å². The second-order valence-corrected chi connectivity index (χ2v) is 8.87. The summed E-state index contributed by atoms with van der Waals surface area (Å²) in [6, 6.07) is 15.5. The minimum Gasteiger partial charge on any atom is -0.321 e. The first-order valence-electron chi connectivity index (χ1n) is 8.23. The van der Waals surface area contributed by atoms with Gasteiger partial charge in [-0.05, 0) is 54.8 Å². The van der Waals surface area contributed by atoms with Crippen molar-refractivity contribution in [2.24, 2.45) is 0 Å². The summed E-state index contributed by atoms with van der Waals surface area (Å²) in [4.78, 5) is 13.4. The summed E-state index contributed by atoms with van der Waals surface area (Å²) in [6.45, 7) is 1.90. The third-order valence-electron chi connectivity index (χ3n) is 4.22. The highest BCUT2D eigenvalue weighted by Crippen LogP contribution is 2.36. The van der Waals surface area contributed by atoms with Crippen molar-refractivity contribution >= 4 is 50.3 Å². The van der Waals surface area contributed by atoms with Crippen LogP contribution in [-0.4, -0.2) is 14.3 Å². The molecular formula is C20H16N2O3S2. The molecule has 4 rings (SSSR count). The number of hydrogen-bond donors (Lipinski definition) is 2. The number of aryl methyl sites for hydroxylation is 1. The molecule has 1 amide bonds. The van der Waals surface area contributed by atoms with Crippen LogP contribution >= 0.6 is 11.3 Å². The van der Waals surface area contributed by atoms with Crippen LogP contribution in [0.1, 0.15) is 16.0 Å². The largest absolute Gasteiger partial charge is 0.321 e. The van der Waals surface area contributed by atoms with Gasteiger partial charge in [-0.1, -0.05) is 23.8 Å². The fraction of sp³-hybridized carbons (Fsp3) is 0.0500. The Labute approximate surface area is 161 Å². The smallest absolute Gasteiger partial charge is 0.261 e. The summed E-state index contributed by atoms with van der Waals surface area (Å²) >= 11 is 1.53. The number of rotatable bonds is 4. The van der Waals surface area contributed by atoms with Gasteiger partial charge in [0.2, 0.25) is 0 Å². The molecule has 0 aliphatic carbocycles. The Morgan fingerprint density at radius 2 is 1.85 bits per heavy atom. The number of thiophene rings is 1. The number of carbonyl (C=O) groups is 1. The van der Waals surface area contributed by atoms with E-state index in [1.807, 2.05) is 30.5 Å². The molecule has 0 atom stereocenters. The van der Waals surface area contributed by atoms with Crippen LogP contribution in [-0.2, 0) is 14.8 Å². The molecule has 5 nitrogen and oxygen atoms in total. The first-order chi connectivity index (χ1) is 12.9. The van der Waals surface area contributed by atoms with Crippen molar-refractivity contribution in [3.8, 4) is 0 Å². The van der Waals surface area contributed by atoms with Crippen molar-refractivity contribution in [3.05, 3.63) is 76.0 Å². The van der Waals surface area contributed by atoms with Crippen molar-refractivity contribution in [3.63, 3.8) is 0 Å². The number of nitrogens with one attached hydrogen (secondary N) is 2. The average molecular weight is 396 g/mol. The number of benzene rings is 2. The molecule has 0 spiro atoms. The van der Waals surface area contributed by atoms with Crippen LogP contribution in [0.2, 0.25) is 0 Å². The van der Waals surface area contributed by atoms with Crippen LogP contribution in [0.15, 0.2) is 64.9 Å². The third-order valence-corrected chi connectivity index (χ3v) is 6.43. The normalized spacial score (nSPS) is 14.9. The van der Waals surface area contributed by atoms with E-state index in [-0.39, 0.29) is 10.8 Å². The molecule has 2 heterocycles. The molecule has 0 unspecified atom stereocenters. The highest BCUT2D eigenvalue weighted by Gasteiger charge is 2.25. The maximum absolute atomic E-state index is 12.6. The molecule has 0 bridgehead atoms. The Morgan fingerprint density at radius 1 is 1.07 bits per heavy atom. The number of anilines is 2. The van der Waals surface area contributed by atoms with Gasteiger partial charge < -0.3 is 5.32 Å². The number of amides is 1. The highest BCUT2D eigenvalue weighted by molar-refractivity contribution is 7.92. The zero-order valence-electron chi connectivity index (χ0n) is 14.4. The fourth-order valence-corrected chi connectivity index (χ4v) is 4.55. The predicted octanol–water partition coefficient (Wildman–Crippen LogP) is 4.35. The molecule has 0 saturated carbocycles. The van der Waals surface area contributed by atoms with Gasteiger partial charge in [-0.15, -0.1) is 11.3 Å². The second-order valence-electron chi connectivity index (χ2n) is 6.21. The van der Waals surface area contributed by atoms with Crippen LogP contribution in [0.4, 0.5) is 11.4 Å². The quantitative estimate of drug-likeness (QED) is 0.644. The van der Waals surface area contributed by atoms with Crippen molar-refractivity contribution in [1.29, 1.82) is 0 Å². The van der Waals surface area contributed by atoms with E-state index in [0.717, 1.165) is 10.4 Å². The molecular weight excluding hydrogens is 380 g/mol. The third kappa shape index (κ3) is 3.51. The van der Waals surface area contributed by atoms with Crippen LogP contribution in [0.5, 0.6) is 0 Å². The van der Waals surface area contributed by atoms with E-state index in [1.54, 1.807) is 42.5 Å². The predicted molar refractivity (Wildman–Crippen MR) is 109 cm³/mol. The Kier molecular flexibility index (Phi) is 4.33.